The molecule has 3 fully saturated rings. The zero-order valence-electron chi connectivity index (χ0n) is 8.50. The topological polar surface area (TPSA) is 15.3 Å². The highest BCUT2D eigenvalue weighted by Gasteiger charge is 2.46. The lowest BCUT2D eigenvalue weighted by Crippen LogP contribution is -2.38. The Labute approximate surface area is 80.7 Å². The van der Waals surface area contributed by atoms with E-state index in [9.17, 15) is 0 Å². The molecule has 2 nitrogen and oxygen atoms in total. The molecule has 2 aliphatic heterocycles. The van der Waals surface area contributed by atoms with E-state index in [1.807, 2.05) is 0 Å². The normalized spacial score (nSPS) is 46.4. The van der Waals surface area contributed by atoms with Crippen molar-refractivity contribution >= 4 is 0 Å². The van der Waals surface area contributed by atoms with Gasteiger partial charge in [-0.25, -0.2) is 0 Å². The Bertz CT molecular complexity index is 188. The van der Waals surface area contributed by atoms with Crippen molar-refractivity contribution in [3.63, 3.8) is 0 Å². The molecule has 3 aliphatic rings. The summed E-state index contributed by atoms with van der Waals surface area (Å²) in [6, 6.07) is 0.836. The SMILES string of the molecule is CC(C1CCNC1)N1CC2CC2C1. The molecular weight excluding hydrogens is 160 g/mol. The Morgan fingerprint density at radius 2 is 2.08 bits per heavy atom. The number of rotatable bonds is 2. The van der Waals surface area contributed by atoms with Crippen LogP contribution >= 0.6 is 0 Å². The molecule has 13 heavy (non-hydrogen) atoms. The fourth-order valence-corrected chi connectivity index (χ4v) is 3.15. The highest BCUT2D eigenvalue weighted by atomic mass is 15.2. The van der Waals surface area contributed by atoms with Crippen LogP contribution < -0.4 is 5.32 Å². The van der Waals surface area contributed by atoms with Crippen LogP contribution in [-0.4, -0.2) is 37.1 Å². The monoisotopic (exact) mass is 180 g/mol. The van der Waals surface area contributed by atoms with Crippen LogP contribution in [-0.2, 0) is 0 Å². The fourth-order valence-electron chi connectivity index (χ4n) is 3.15. The van der Waals surface area contributed by atoms with Crippen LogP contribution in [0.4, 0.5) is 0 Å². The van der Waals surface area contributed by atoms with Gasteiger partial charge < -0.3 is 5.32 Å². The average Bonchev–Trinajstić information content (AvgIpc) is 2.63. The largest absolute Gasteiger partial charge is 0.316 e. The van der Waals surface area contributed by atoms with Gasteiger partial charge in [0.05, 0.1) is 0 Å². The van der Waals surface area contributed by atoms with E-state index in [0.717, 1.165) is 23.8 Å². The summed E-state index contributed by atoms with van der Waals surface area (Å²) in [7, 11) is 0. The third-order valence-electron chi connectivity index (χ3n) is 4.36. The minimum Gasteiger partial charge on any atom is -0.316 e. The third-order valence-corrected chi connectivity index (χ3v) is 4.36. The van der Waals surface area contributed by atoms with Crippen LogP contribution in [0.1, 0.15) is 19.8 Å². The first-order valence-electron chi connectivity index (χ1n) is 5.79. The molecule has 2 heteroatoms. The Hall–Kier alpha value is -0.0800. The number of piperidine rings is 1. The quantitative estimate of drug-likeness (QED) is 0.680. The first kappa shape index (κ1) is 8.25. The number of nitrogens with one attached hydrogen (secondary N) is 1. The number of nitrogens with zero attached hydrogens (tertiary/aromatic N) is 1. The Morgan fingerprint density at radius 1 is 1.31 bits per heavy atom. The van der Waals surface area contributed by atoms with E-state index in [0.29, 0.717) is 0 Å². The predicted octanol–water partition coefficient (Wildman–Crippen LogP) is 0.936. The van der Waals surface area contributed by atoms with Crippen LogP contribution in [0.25, 0.3) is 0 Å². The molecule has 3 rings (SSSR count). The highest BCUT2D eigenvalue weighted by Crippen LogP contribution is 2.46. The van der Waals surface area contributed by atoms with Gasteiger partial charge in [-0.2, -0.15) is 0 Å². The van der Waals surface area contributed by atoms with E-state index in [4.69, 9.17) is 0 Å². The molecular formula is C11H20N2. The lowest BCUT2D eigenvalue weighted by atomic mass is 9.99. The van der Waals surface area contributed by atoms with Crippen molar-refractivity contribution in [1.29, 1.82) is 0 Å². The van der Waals surface area contributed by atoms with Crippen molar-refractivity contribution < 1.29 is 0 Å². The minimum atomic E-state index is 0.836. The Morgan fingerprint density at radius 3 is 2.69 bits per heavy atom. The maximum Gasteiger partial charge on any atom is 0.0108 e. The number of likely N-dealkylation sites (tertiary alicyclic amines) is 1. The number of hydrogen-bond acceptors (Lipinski definition) is 2. The van der Waals surface area contributed by atoms with Gasteiger partial charge >= 0.3 is 0 Å². The maximum absolute atomic E-state index is 3.47. The molecule has 0 spiro atoms. The van der Waals surface area contributed by atoms with Crippen molar-refractivity contribution in [2.24, 2.45) is 17.8 Å². The van der Waals surface area contributed by atoms with E-state index in [1.54, 1.807) is 0 Å². The highest BCUT2D eigenvalue weighted by molar-refractivity contribution is 4.99. The predicted molar refractivity (Wildman–Crippen MR) is 53.6 cm³/mol. The van der Waals surface area contributed by atoms with E-state index < -0.39 is 0 Å². The molecule has 0 amide bonds. The summed E-state index contributed by atoms with van der Waals surface area (Å²) in [4.78, 5) is 2.73. The smallest absolute Gasteiger partial charge is 0.0108 e. The molecule has 4 unspecified atom stereocenters. The summed E-state index contributed by atoms with van der Waals surface area (Å²) in [5, 5.41) is 3.47. The van der Waals surface area contributed by atoms with Crippen LogP contribution in [0.5, 0.6) is 0 Å². The minimum absolute atomic E-state index is 0.836. The second kappa shape index (κ2) is 2.96. The van der Waals surface area contributed by atoms with Crippen molar-refractivity contribution in [2.45, 2.75) is 25.8 Å². The van der Waals surface area contributed by atoms with Crippen LogP contribution in [0.3, 0.4) is 0 Å². The first-order chi connectivity index (χ1) is 6.34. The van der Waals surface area contributed by atoms with Crippen LogP contribution in [0.2, 0.25) is 0 Å². The summed E-state index contributed by atoms with van der Waals surface area (Å²) < 4.78 is 0. The Balaban J connectivity index is 1.58. The molecule has 2 heterocycles. The lowest BCUT2D eigenvalue weighted by Gasteiger charge is -2.30. The van der Waals surface area contributed by atoms with Gasteiger partial charge in [-0.05, 0) is 50.6 Å². The molecule has 0 bridgehead atoms. The molecule has 0 radical (unpaired) electrons. The molecule has 0 aromatic carbocycles. The van der Waals surface area contributed by atoms with Gasteiger partial charge in [-0.15, -0.1) is 0 Å². The van der Waals surface area contributed by atoms with Gasteiger partial charge in [0.2, 0.25) is 0 Å². The molecule has 4 atom stereocenters. The zero-order valence-corrected chi connectivity index (χ0v) is 8.50. The van der Waals surface area contributed by atoms with Gasteiger partial charge in [-0.1, -0.05) is 0 Å². The molecule has 0 aromatic heterocycles. The second-order valence-electron chi connectivity index (χ2n) is 5.20. The van der Waals surface area contributed by atoms with Crippen LogP contribution in [0, 0.1) is 17.8 Å². The summed E-state index contributed by atoms with van der Waals surface area (Å²) in [5.41, 5.74) is 0. The van der Waals surface area contributed by atoms with Crippen LogP contribution in [0.15, 0.2) is 0 Å². The van der Waals surface area contributed by atoms with Crippen molar-refractivity contribution in [2.75, 3.05) is 26.2 Å². The van der Waals surface area contributed by atoms with Gasteiger partial charge in [0.15, 0.2) is 0 Å². The molecule has 74 valence electrons. The number of fused-ring (bicyclic) bond motifs is 1. The van der Waals surface area contributed by atoms with Gasteiger partial charge in [0.1, 0.15) is 0 Å². The van der Waals surface area contributed by atoms with Gasteiger partial charge in [0, 0.05) is 19.1 Å². The average molecular weight is 180 g/mol. The van der Waals surface area contributed by atoms with Crippen molar-refractivity contribution in [3.05, 3.63) is 0 Å². The summed E-state index contributed by atoms with van der Waals surface area (Å²) in [6.45, 7) is 7.75. The lowest BCUT2D eigenvalue weighted by molar-refractivity contribution is 0.180. The van der Waals surface area contributed by atoms with Gasteiger partial charge in [0.25, 0.3) is 0 Å². The fraction of sp³-hybridized carbons (Fsp3) is 1.00. The van der Waals surface area contributed by atoms with E-state index in [-0.39, 0.29) is 0 Å². The molecule has 1 aliphatic carbocycles. The molecule has 1 N–H and O–H groups in total. The second-order valence-corrected chi connectivity index (χ2v) is 5.20. The first-order valence-corrected chi connectivity index (χ1v) is 5.79. The molecule has 1 saturated carbocycles. The standard InChI is InChI=1S/C11H20N2/c1-8(9-2-3-12-5-9)13-6-10-4-11(10)7-13/h8-12H,2-7H2,1H3. The molecule has 0 aromatic rings. The third kappa shape index (κ3) is 1.40. The van der Waals surface area contributed by atoms with E-state index in [2.05, 4.69) is 17.1 Å². The molecule has 2 saturated heterocycles. The summed E-state index contributed by atoms with van der Waals surface area (Å²) in [6.07, 6.45) is 2.93. The van der Waals surface area contributed by atoms with Gasteiger partial charge in [-0.3, -0.25) is 4.90 Å². The maximum atomic E-state index is 3.47. The summed E-state index contributed by atoms with van der Waals surface area (Å²) in [5.74, 6) is 3.12. The van der Waals surface area contributed by atoms with Crippen molar-refractivity contribution in [3.8, 4) is 0 Å². The number of hydrogen-bond donors (Lipinski definition) is 1. The zero-order chi connectivity index (χ0) is 8.84. The Kier molecular flexibility index (Phi) is 1.88. The summed E-state index contributed by atoms with van der Waals surface area (Å²) >= 11 is 0. The van der Waals surface area contributed by atoms with E-state index in [1.165, 1.54) is 39.0 Å². The van der Waals surface area contributed by atoms with E-state index >= 15 is 0 Å². The van der Waals surface area contributed by atoms with Crippen molar-refractivity contribution in [1.82, 2.24) is 10.2 Å².